The van der Waals surface area contributed by atoms with Crippen molar-refractivity contribution in [2.24, 2.45) is 0 Å². The molecule has 1 saturated heterocycles. The minimum atomic E-state index is -0.411. The number of anilines is 1. The third-order valence-electron chi connectivity index (χ3n) is 5.36. The number of aromatic nitrogens is 1. The number of benzene rings is 1. The summed E-state index contributed by atoms with van der Waals surface area (Å²) >= 11 is 0.872. The molecule has 1 atom stereocenters. The van der Waals surface area contributed by atoms with Crippen LogP contribution in [0.5, 0.6) is 0 Å². The quantitative estimate of drug-likeness (QED) is 0.748. The van der Waals surface area contributed by atoms with Crippen molar-refractivity contribution in [2.45, 2.75) is 25.2 Å². The third kappa shape index (κ3) is 2.98. The van der Waals surface area contributed by atoms with Gasteiger partial charge in [-0.2, -0.15) is 4.39 Å². The summed E-state index contributed by atoms with van der Waals surface area (Å²) in [5.41, 5.74) is 1.88. The molecule has 2 aromatic rings. The summed E-state index contributed by atoms with van der Waals surface area (Å²) in [7, 11) is 0. The predicted molar refractivity (Wildman–Crippen MR) is 99.4 cm³/mol. The van der Waals surface area contributed by atoms with Gasteiger partial charge in [0.1, 0.15) is 5.01 Å². The Morgan fingerprint density at radius 3 is 2.85 bits per heavy atom. The van der Waals surface area contributed by atoms with Gasteiger partial charge in [-0.05, 0) is 18.1 Å². The van der Waals surface area contributed by atoms with Crippen molar-refractivity contribution in [3.8, 4) is 0 Å². The van der Waals surface area contributed by atoms with E-state index in [0.717, 1.165) is 35.2 Å². The molecule has 0 bridgehead atoms. The molecule has 1 unspecified atom stereocenters. The lowest BCUT2D eigenvalue weighted by Crippen LogP contribution is -2.40. The second-order valence-electron chi connectivity index (χ2n) is 7.00. The van der Waals surface area contributed by atoms with E-state index in [4.69, 9.17) is 6.57 Å². The lowest BCUT2D eigenvalue weighted by Gasteiger charge is -2.25. The van der Waals surface area contributed by atoms with Gasteiger partial charge in [-0.25, -0.2) is 9.83 Å². The van der Waals surface area contributed by atoms with Crippen molar-refractivity contribution >= 4 is 34.5 Å². The van der Waals surface area contributed by atoms with Crippen LogP contribution in [0.2, 0.25) is 0 Å². The van der Waals surface area contributed by atoms with Gasteiger partial charge in [0.25, 0.3) is 0 Å². The number of fused-ring (bicyclic) bond motifs is 2. The second-order valence-corrected chi connectivity index (χ2v) is 8.06. The lowest BCUT2D eigenvalue weighted by atomic mass is 9.81. The van der Waals surface area contributed by atoms with E-state index < -0.39 is 5.13 Å². The molecular formula is C19H17FN4O2S. The fourth-order valence-corrected chi connectivity index (χ4v) is 4.67. The van der Waals surface area contributed by atoms with Crippen molar-refractivity contribution in [3.63, 3.8) is 0 Å². The number of nitrogens with zero attached hydrogens (tertiary/aromatic N) is 4. The minimum absolute atomic E-state index is 0.0118. The van der Waals surface area contributed by atoms with Crippen LogP contribution in [0.25, 0.3) is 4.85 Å². The number of likely N-dealkylation sites (tertiary alicyclic amines) is 1. The van der Waals surface area contributed by atoms with Crippen LogP contribution in [-0.4, -0.2) is 41.3 Å². The average Bonchev–Trinajstić information content (AvgIpc) is 3.34. The average molecular weight is 384 g/mol. The van der Waals surface area contributed by atoms with E-state index in [9.17, 15) is 14.0 Å². The van der Waals surface area contributed by atoms with Crippen molar-refractivity contribution in [2.75, 3.05) is 24.5 Å². The Morgan fingerprint density at radius 1 is 1.41 bits per heavy atom. The molecule has 0 saturated carbocycles. The molecule has 0 radical (unpaired) electrons. The maximum Gasteiger partial charge on any atom is 0.233 e. The van der Waals surface area contributed by atoms with Crippen LogP contribution in [-0.2, 0) is 21.4 Å². The van der Waals surface area contributed by atoms with Gasteiger partial charge >= 0.3 is 0 Å². The number of hydrogen-bond acceptors (Lipinski definition) is 4. The van der Waals surface area contributed by atoms with E-state index in [2.05, 4.69) is 9.83 Å². The predicted octanol–water partition coefficient (Wildman–Crippen LogP) is 2.91. The number of carbonyl (C=O) groups is 2. The van der Waals surface area contributed by atoms with Gasteiger partial charge in [-0.1, -0.05) is 23.5 Å². The Balaban J connectivity index is 1.69. The largest absolute Gasteiger partial charge is 0.342 e. The number of hydrogen-bond donors (Lipinski definition) is 0. The summed E-state index contributed by atoms with van der Waals surface area (Å²) in [6.07, 6.45) is 1.90. The van der Waals surface area contributed by atoms with E-state index in [1.54, 1.807) is 28.9 Å². The SMILES string of the molecule is [C-]#[N+]c1ccc2c(c1)C1(CCN(C(C)=O)C1)CN2C(=O)Cc1ncc(F)s1. The molecule has 1 spiro atoms. The summed E-state index contributed by atoms with van der Waals surface area (Å²) in [6.45, 7) is 10.5. The van der Waals surface area contributed by atoms with E-state index in [0.29, 0.717) is 30.3 Å². The van der Waals surface area contributed by atoms with Crippen molar-refractivity contribution < 1.29 is 14.0 Å². The third-order valence-corrected chi connectivity index (χ3v) is 6.15. The van der Waals surface area contributed by atoms with E-state index in [1.807, 2.05) is 6.07 Å². The number of thiazole rings is 1. The molecule has 2 amide bonds. The molecule has 27 heavy (non-hydrogen) atoms. The lowest BCUT2D eigenvalue weighted by molar-refractivity contribution is -0.127. The Morgan fingerprint density at radius 2 is 2.22 bits per heavy atom. The summed E-state index contributed by atoms with van der Waals surface area (Å²) in [5.74, 6) is -0.142. The molecule has 8 heteroatoms. The maximum atomic E-state index is 13.2. The summed E-state index contributed by atoms with van der Waals surface area (Å²) < 4.78 is 13.2. The highest BCUT2D eigenvalue weighted by atomic mass is 32.1. The van der Waals surface area contributed by atoms with Crippen LogP contribution in [0.15, 0.2) is 24.4 Å². The first-order chi connectivity index (χ1) is 12.9. The van der Waals surface area contributed by atoms with Gasteiger partial charge in [-0.3, -0.25) is 9.59 Å². The second kappa shape index (κ2) is 6.43. The fourth-order valence-electron chi connectivity index (χ4n) is 4.03. The van der Waals surface area contributed by atoms with E-state index in [1.165, 1.54) is 0 Å². The van der Waals surface area contributed by atoms with Gasteiger partial charge in [0.05, 0.1) is 19.2 Å². The standard InChI is InChI=1S/C19H17FN4O2S/c1-12(25)23-6-5-19(10-23)11-24(15-4-3-13(21-2)7-14(15)19)18(26)8-17-22-9-16(20)27-17/h3-4,7,9H,5-6,8,10-11H2,1H3. The minimum Gasteiger partial charge on any atom is -0.342 e. The zero-order valence-electron chi connectivity index (χ0n) is 14.7. The molecule has 0 N–H and O–H groups in total. The zero-order chi connectivity index (χ0) is 19.2. The van der Waals surface area contributed by atoms with Crippen LogP contribution in [0.4, 0.5) is 15.8 Å². The van der Waals surface area contributed by atoms with Crippen LogP contribution in [0.3, 0.4) is 0 Å². The molecule has 0 aliphatic carbocycles. The highest BCUT2D eigenvalue weighted by Crippen LogP contribution is 2.47. The first-order valence-electron chi connectivity index (χ1n) is 8.60. The topological polar surface area (TPSA) is 57.9 Å². The Labute approximate surface area is 160 Å². The molecule has 1 fully saturated rings. The van der Waals surface area contributed by atoms with Crippen LogP contribution >= 0.6 is 11.3 Å². The van der Waals surface area contributed by atoms with Crippen LogP contribution in [0, 0.1) is 11.7 Å². The first kappa shape index (κ1) is 17.6. The summed E-state index contributed by atoms with van der Waals surface area (Å²) in [4.78, 5) is 35.7. The molecular weight excluding hydrogens is 367 g/mol. The maximum absolute atomic E-state index is 13.2. The first-order valence-corrected chi connectivity index (χ1v) is 9.41. The fraction of sp³-hybridized carbons (Fsp3) is 0.368. The normalized spacial score (nSPS) is 20.8. The molecule has 6 nitrogen and oxygen atoms in total. The Kier molecular flexibility index (Phi) is 4.19. The highest BCUT2D eigenvalue weighted by molar-refractivity contribution is 7.10. The number of halogens is 1. The van der Waals surface area contributed by atoms with Gasteiger partial charge in [0.15, 0.2) is 10.8 Å². The van der Waals surface area contributed by atoms with Gasteiger partial charge in [0, 0.05) is 37.7 Å². The molecule has 2 aliphatic heterocycles. The van der Waals surface area contributed by atoms with Crippen LogP contribution in [0.1, 0.15) is 23.9 Å². The smallest absolute Gasteiger partial charge is 0.233 e. The molecule has 1 aromatic carbocycles. The number of amides is 2. The molecule has 138 valence electrons. The van der Waals surface area contributed by atoms with Crippen molar-refractivity contribution in [3.05, 3.63) is 51.5 Å². The van der Waals surface area contributed by atoms with Gasteiger partial charge in [-0.15, -0.1) is 0 Å². The monoisotopic (exact) mass is 384 g/mol. The van der Waals surface area contributed by atoms with Gasteiger partial charge in [0.2, 0.25) is 11.8 Å². The van der Waals surface area contributed by atoms with Crippen LogP contribution < -0.4 is 4.90 Å². The molecule has 4 rings (SSSR count). The summed E-state index contributed by atoms with van der Waals surface area (Å²) in [5, 5.41) is 0.0280. The molecule has 3 heterocycles. The highest BCUT2D eigenvalue weighted by Gasteiger charge is 2.49. The Hall–Kier alpha value is -2.79. The number of rotatable bonds is 2. The number of carbonyl (C=O) groups excluding carboxylic acids is 2. The van der Waals surface area contributed by atoms with Gasteiger partial charge < -0.3 is 9.80 Å². The van der Waals surface area contributed by atoms with E-state index >= 15 is 0 Å². The molecule has 2 aliphatic rings. The zero-order valence-corrected chi connectivity index (χ0v) is 15.6. The summed E-state index contributed by atoms with van der Waals surface area (Å²) in [6, 6.07) is 5.34. The van der Waals surface area contributed by atoms with E-state index in [-0.39, 0.29) is 23.7 Å². The molecule has 1 aromatic heterocycles. The Bertz CT molecular complexity index is 982. The van der Waals surface area contributed by atoms with Crippen molar-refractivity contribution in [1.29, 1.82) is 0 Å². The van der Waals surface area contributed by atoms with Crippen molar-refractivity contribution in [1.82, 2.24) is 9.88 Å².